The molecular formula is C13H16N2O3. The van der Waals surface area contributed by atoms with Crippen LogP contribution in [0.4, 0.5) is 0 Å². The number of aromatic carboxylic acids is 1. The highest BCUT2D eigenvalue weighted by Gasteiger charge is 2.11. The zero-order valence-corrected chi connectivity index (χ0v) is 10.5. The maximum Gasteiger partial charge on any atom is 0.335 e. The molecule has 1 heterocycles. The van der Waals surface area contributed by atoms with Gasteiger partial charge in [-0.05, 0) is 18.2 Å². The number of fused-ring (bicyclic) bond motifs is 1. The highest BCUT2D eigenvalue weighted by atomic mass is 16.5. The summed E-state index contributed by atoms with van der Waals surface area (Å²) >= 11 is 0. The summed E-state index contributed by atoms with van der Waals surface area (Å²) < 4.78 is 7.16. The Morgan fingerprint density at radius 1 is 1.50 bits per heavy atom. The van der Waals surface area contributed by atoms with Crippen molar-refractivity contribution in [3.8, 4) is 0 Å². The number of nitrogens with zero attached hydrogens (tertiary/aromatic N) is 2. The van der Waals surface area contributed by atoms with Crippen LogP contribution in [0, 0.1) is 0 Å². The second-order valence-corrected chi connectivity index (χ2v) is 4.03. The van der Waals surface area contributed by atoms with Crippen LogP contribution in [0.15, 0.2) is 18.2 Å². The third kappa shape index (κ3) is 2.22. The highest BCUT2D eigenvalue weighted by molar-refractivity contribution is 5.92. The zero-order valence-electron chi connectivity index (χ0n) is 10.5. The minimum absolute atomic E-state index is 0.265. The van der Waals surface area contributed by atoms with Crippen LogP contribution in [-0.4, -0.2) is 34.3 Å². The van der Waals surface area contributed by atoms with Gasteiger partial charge in [-0.2, -0.15) is 0 Å². The van der Waals surface area contributed by atoms with E-state index in [0.29, 0.717) is 6.61 Å². The molecule has 0 spiro atoms. The predicted octanol–water partition coefficient (Wildman–Crippen LogP) is 1.94. The van der Waals surface area contributed by atoms with Gasteiger partial charge in [0, 0.05) is 20.1 Å². The van der Waals surface area contributed by atoms with Crippen molar-refractivity contribution < 1.29 is 14.6 Å². The summed E-state index contributed by atoms with van der Waals surface area (Å²) in [5.74, 6) is 0.0194. The van der Waals surface area contributed by atoms with Gasteiger partial charge in [-0.3, -0.25) is 0 Å². The van der Waals surface area contributed by atoms with Crippen molar-refractivity contribution in [2.75, 3.05) is 13.7 Å². The molecule has 0 bridgehead atoms. The SMILES string of the molecule is CCc1nc2cc(C(=O)O)ccc2n1CCOC. The van der Waals surface area contributed by atoms with Gasteiger partial charge >= 0.3 is 5.97 Å². The van der Waals surface area contributed by atoms with Gasteiger partial charge in [0.25, 0.3) is 0 Å². The quantitative estimate of drug-likeness (QED) is 0.878. The zero-order chi connectivity index (χ0) is 13.1. The molecule has 2 aromatic rings. The second-order valence-electron chi connectivity index (χ2n) is 4.03. The molecule has 0 fully saturated rings. The van der Waals surface area contributed by atoms with E-state index < -0.39 is 5.97 Å². The minimum atomic E-state index is -0.929. The molecule has 0 aliphatic carbocycles. The van der Waals surface area contributed by atoms with Crippen LogP contribution in [0.5, 0.6) is 0 Å². The number of aryl methyl sites for hydroxylation is 1. The van der Waals surface area contributed by atoms with Crippen LogP contribution in [0.3, 0.4) is 0 Å². The van der Waals surface area contributed by atoms with Crippen molar-refractivity contribution in [2.45, 2.75) is 19.9 Å². The third-order valence-electron chi connectivity index (χ3n) is 2.91. The summed E-state index contributed by atoms with van der Waals surface area (Å²) in [6.45, 7) is 3.37. The van der Waals surface area contributed by atoms with Crippen molar-refractivity contribution >= 4 is 17.0 Å². The first kappa shape index (κ1) is 12.6. The van der Waals surface area contributed by atoms with Gasteiger partial charge in [-0.15, -0.1) is 0 Å². The van der Waals surface area contributed by atoms with Crippen LogP contribution in [0.2, 0.25) is 0 Å². The van der Waals surface area contributed by atoms with Crippen molar-refractivity contribution in [2.24, 2.45) is 0 Å². The molecule has 1 N–H and O–H groups in total. The lowest BCUT2D eigenvalue weighted by Gasteiger charge is -2.06. The Balaban J connectivity index is 2.51. The van der Waals surface area contributed by atoms with E-state index in [4.69, 9.17) is 9.84 Å². The van der Waals surface area contributed by atoms with E-state index in [1.807, 2.05) is 6.92 Å². The Bertz CT molecular complexity index is 575. The van der Waals surface area contributed by atoms with Crippen LogP contribution in [0.25, 0.3) is 11.0 Å². The largest absolute Gasteiger partial charge is 0.478 e. The number of carboxylic acids is 1. The van der Waals surface area contributed by atoms with Gasteiger partial charge in [0.1, 0.15) is 5.82 Å². The average Bonchev–Trinajstić information content (AvgIpc) is 2.72. The number of ether oxygens (including phenoxy) is 1. The van der Waals surface area contributed by atoms with E-state index in [-0.39, 0.29) is 5.56 Å². The number of rotatable bonds is 5. The fraction of sp³-hybridized carbons (Fsp3) is 0.385. The van der Waals surface area contributed by atoms with Gasteiger partial charge in [0.2, 0.25) is 0 Å². The summed E-state index contributed by atoms with van der Waals surface area (Å²) in [6.07, 6.45) is 0.806. The molecular weight excluding hydrogens is 232 g/mol. The second kappa shape index (κ2) is 5.18. The topological polar surface area (TPSA) is 64.3 Å². The van der Waals surface area contributed by atoms with Gasteiger partial charge in [0.15, 0.2) is 0 Å². The molecule has 0 unspecified atom stereocenters. The molecule has 0 radical (unpaired) electrons. The molecule has 2 rings (SSSR count). The van der Waals surface area contributed by atoms with E-state index in [0.717, 1.165) is 29.8 Å². The summed E-state index contributed by atoms with van der Waals surface area (Å²) in [4.78, 5) is 15.4. The van der Waals surface area contributed by atoms with Crippen LogP contribution in [0.1, 0.15) is 23.1 Å². The highest BCUT2D eigenvalue weighted by Crippen LogP contribution is 2.18. The van der Waals surface area contributed by atoms with Crippen LogP contribution in [-0.2, 0) is 17.7 Å². The van der Waals surface area contributed by atoms with E-state index in [1.54, 1.807) is 25.3 Å². The lowest BCUT2D eigenvalue weighted by atomic mass is 10.2. The standard InChI is InChI=1S/C13H16N2O3/c1-3-12-14-10-8-9(13(16)17)4-5-11(10)15(12)6-7-18-2/h4-5,8H,3,6-7H2,1-2H3,(H,16,17). The summed E-state index contributed by atoms with van der Waals surface area (Å²) in [6, 6.07) is 5.02. The Kier molecular flexibility index (Phi) is 3.62. The number of carbonyl (C=O) groups is 1. The molecule has 96 valence electrons. The number of imidazole rings is 1. The number of benzene rings is 1. The van der Waals surface area contributed by atoms with E-state index >= 15 is 0 Å². The van der Waals surface area contributed by atoms with Crippen LogP contribution < -0.4 is 0 Å². The Morgan fingerprint density at radius 2 is 2.28 bits per heavy atom. The minimum Gasteiger partial charge on any atom is -0.478 e. The van der Waals surface area contributed by atoms with Crippen molar-refractivity contribution in [3.63, 3.8) is 0 Å². The maximum atomic E-state index is 10.9. The van der Waals surface area contributed by atoms with E-state index in [2.05, 4.69) is 9.55 Å². The maximum absolute atomic E-state index is 10.9. The first-order valence-corrected chi connectivity index (χ1v) is 5.88. The van der Waals surface area contributed by atoms with Crippen molar-refractivity contribution in [3.05, 3.63) is 29.6 Å². The molecule has 18 heavy (non-hydrogen) atoms. The third-order valence-corrected chi connectivity index (χ3v) is 2.91. The van der Waals surface area contributed by atoms with Crippen molar-refractivity contribution in [1.82, 2.24) is 9.55 Å². The Hall–Kier alpha value is -1.88. The Morgan fingerprint density at radius 3 is 2.89 bits per heavy atom. The fourth-order valence-electron chi connectivity index (χ4n) is 2.01. The lowest BCUT2D eigenvalue weighted by Crippen LogP contribution is -2.07. The molecule has 5 nitrogen and oxygen atoms in total. The van der Waals surface area contributed by atoms with E-state index in [1.165, 1.54) is 0 Å². The summed E-state index contributed by atoms with van der Waals surface area (Å²) in [5, 5.41) is 8.96. The van der Waals surface area contributed by atoms with E-state index in [9.17, 15) is 4.79 Å². The number of aromatic nitrogens is 2. The molecule has 5 heteroatoms. The summed E-state index contributed by atoms with van der Waals surface area (Å²) in [5.41, 5.74) is 1.94. The first-order chi connectivity index (χ1) is 8.67. The lowest BCUT2D eigenvalue weighted by molar-refractivity contribution is 0.0697. The fourth-order valence-corrected chi connectivity index (χ4v) is 2.01. The number of carboxylic acid groups (broad SMARTS) is 1. The average molecular weight is 248 g/mol. The molecule has 0 aliphatic rings. The Labute approximate surface area is 105 Å². The number of hydrogen-bond acceptors (Lipinski definition) is 3. The molecule has 0 saturated carbocycles. The first-order valence-electron chi connectivity index (χ1n) is 5.88. The smallest absolute Gasteiger partial charge is 0.335 e. The van der Waals surface area contributed by atoms with Crippen molar-refractivity contribution in [1.29, 1.82) is 0 Å². The molecule has 1 aromatic heterocycles. The van der Waals surface area contributed by atoms with Gasteiger partial charge in [-0.1, -0.05) is 6.92 Å². The van der Waals surface area contributed by atoms with Crippen LogP contribution >= 0.6 is 0 Å². The van der Waals surface area contributed by atoms with Gasteiger partial charge < -0.3 is 14.4 Å². The predicted molar refractivity (Wildman–Crippen MR) is 67.9 cm³/mol. The molecule has 0 atom stereocenters. The molecule has 0 saturated heterocycles. The normalized spacial score (nSPS) is 11.0. The molecule has 0 aliphatic heterocycles. The monoisotopic (exact) mass is 248 g/mol. The number of methoxy groups -OCH3 is 1. The van der Waals surface area contributed by atoms with Gasteiger partial charge in [0.05, 0.1) is 23.2 Å². The summed E-state index contributed by atoms with van der Waals surface area (Å²) in [7, 11) is 1.66. The molecule has 1 aromatic carbocycles. The van der Waals surface area contributed by atoms with Gasteiger partial charge in [-0.25, -0.2) is 9.78 Å². The molecule has 0 amide bonds. The number of hydrogen-bond donors (Lipinski definition) is 1.